The van der Waals surface area contributed by atoms with Crippen molar-refractivity contribution in [1.82, 2.24) is 0 Å². The molecule has 0 radical (unpaired) electrons. The zero-order valence-electron chi connectivity index (χ0n) is 19.7. The third kappa shape index (κ3) is 6.58. The van der Waals surface area contributed by atoms with Crippen LogP contribution in [0.25, 0.3) is 0 Å². The van der Waals surface area contributed by atoms with Gasteiger partial charge in [-0.25, -0.2) is 0 Å². The Balaban J connectivity index is 1.51. The Hall–Kier alpha value is -3.90. The van der Waals surface area contributed by atoms with Crippen LogP contribution < -0.4 is 19.5 Å². The highest BCUT2D eigenvalue weighted by Crippen LogP contribution is 2.33. The van der Waals surface area contributed by atoms with Gasteiger partial charge < -0.3 is 19.5 Å². The van der Waals surface area contributed by atoms with Crippen LogP contribution in [0.15, 0.2) is 107 Å². The third-order valence-corrected chi connectivity index (χ3v) is 6.27. The Morgan fingerprint density at radius 3 is 2.29 bits per heavy atom. The van der Waals surface area contributed by atoms with Gasteiger partial charge >= 0.3 is 0 Å². The highest BCUT2D eigenvalue weighted by atomic mass is 32.2. The van der Waals surface area contributed by atoms with Crippen molar-refractivity contribution in [2.24, 2.45) is 0 Å². The van der Waals surface area contributed by atoms with Crippen molar-refractivity contribution in [3.63, 3.8) is 0 Å². The number of carbonyl (C=O) groups excluding carboxylic acids is 1. The van der Waals surface area contributed by atoms with E-state index in [1.165, 1.54) is 0 Å². The van der Waals surface area contributed by atoms with E-state index >= 15 is 0 Å². The molecule has 6 heteroatoms. The molecule has 1 amide bonds. The molecule has 0 aromatic heterocycles. The molecule has 0 aliphatic rings. The van der Waals surface area contributed by atoms with Crippen LogP contribution in [0.4, 0.5) is 5.69 Å². The molecule has 0 spiro atoms. The van der Waals surface area contributed by atoms with Crippen LogP contribution in [0.5, 0.6) is 17.2 Å². The van der Waals surface area contributed by atoms with Gasteiger partial charge in [-0.15, -0.1) is 0 Å². The summed E-state index contributed by atoms with van der Waals surface area (Å²) >= 11 is 1.61. The van der Waals surface area contributed by atoms with Crippen LogP contribution in [0.2, 0.25) is 0 Å². The zero-order valence-corrected chi connectivity index (χ0v) is 20.5. The third-order valence-electron chi connectivity index (χ3n) is 5.18. The maximum absolute atomic E-state index is 13.2. The molecule has 0 aliphatic heterocycles. The SMILES string of the molecule is CCOc1ccc(C(=O)Nc2ccccc2Sc2ccccc2)cc1COc1ccc(OC)cc1. The predicted octanol–water partition coefficient (Wildman–Crippen LogP) is 7.08. The molecule has 0 saturated heterocycles. The second-order valence-corrected chi connectivity index (χ2v) is 8.70. The van der Waals surface area contributed by atoms with Gasteiger partial charge in [-0.05, 0) is 73.7 Å². The van der Waals surface area contributed by atoms with Crippen LogP contribution in [0, 0.1) is 0 Å². The lowest BCUT2D eigenvalue weighted by Crippen LogP contribution is -2.13. The van der Waals surface area contributed by atoms with Crippen LogP contribution in [0.3, 0.4) is 0 Å². The Morgan fingerprint density at radius 1 is 0.829 bits per heavy atom. The number of carbonyl (C=O) groups is 1. The van der Waals surface area contributed by atoms with Gasteiger partial charge in [0.25, 0.3) is 5.91 Å². The highest BCUT2D eigenvalue weighted by molar-refractivity contribution is 7.99. The fourth-order valence-electron chi connectivity index (χ4n) is 3.43. The summed E-state index contributed by atoms with van der Waals surface area (Å²) in [6, 6.07) is 30.6. The Morgan fingerprint density at radius 2 is 1.54 bits per heavy atom. The first-order valence-electron chi connectivity index (χ1n) is 11.3. The van der Waals surface area contributed by atoms with E-state index in [9.17, 15) is 4.79 Å². The smallest absolute Gasteiger partial charge is 0.255 e. The number of amides is 1. The number of hydrogen-bond acceptors (Lipinski definition) is 5. The second kappa shape index (κ2) is 12.0. The largest absolute Gasteiger partial charge is 0.497 e. The van der Waals surface area contributed by atoms with Crippen molar-refractivity contribution < 1.29 is 19.0 Å². The van der Waals surface area contributed by atoms with Crippen molar-refractivity contribution in [1.29, 1.82) is 0 Å². The summed E-state index contributed by atoms with van der Waals surface area (Å²) in [6.07, 6.45) is 0. The second-order valence-electron chi connectivity index (χ2n) is 7.59. The molecule has 4 aromatic rings. The Labute approximate surface area is 210 Å². The van der Waals surface area contributed by atoms with Crippen LogP contribution in [-0.4, -0.2) is 19.6 Å². The van der Waals surface area contributed by atoms with Crippen molar-refractivity contribution >= 4 is 23.4 Å². The molecule has 0 atom stereocenters. The van der Waals surface area contributed by atoms with Gasteiger partial charge in [0.2, 0.25) is 0 Å². The van der Waals surface area contributed by atoms with Gasteiger partial charge in [0.1, 0.15) is 23.9 Å². The maximum Gasteiger partial charge on any atom is 0.255 e. The van der Waals surface area contributed by atoms with Crippen LogP contribution >= 0.6 is 11.8 Å². The molecular weight excluding hydrogens is 458 g/mol. The number of hydrogen-bond donors (Lipinski definition) is 1. The molecule has 5 nitrogen and oxygen atoms in total. The summed E-state index contributed by atoms with van der Waals surface area (Å²) in [4.78, 5) is 15.2. The molecule has 178 valence electrons. The van der Waals surface area contributed by atoms with E-state index in [1.807, 2.05) is 97.9 Å². The lowest BCUT2D eigenvalue weighted by molar-refractivity contribution is 0.102. The molecule has 0 saturated carbocycles. The Kier molecular flexibility index (Phi) is 8.30. The molecular formula is C29H27NO4S. The van der Waals surface area contributed by atoms with E-state index < -0.39 is 0 Å². The average molecular weight is 486 g/mol. The van der Waals surface area contributed by atoms with Crippen molar-refractivity contribution in [2.75, 3.05) is 19.0 Å². The standard InChI is InChI=1S/C29H27NO4S/c1-3-33-27-18-13-21(19-22(27)20-34-24-16-14-23(32-2)15-17-24)29(31)30-26-11-7-8-12-28(26)35-25-9-5-4-6-10-25/h4-19H,3,20H2,1-2H3,(H,30,31). The molecule has 35 heavy (non-hydrogen) atoms. The normalized spacial score (nSPS) is 10.5. The maximum atomic E-state index is 13.2. The summed E-state index contributed by atoms with van der Waals surface area (Å²) in [5.41, 5.74) is 2.08. The van der Waals surface area contributed by atoms with Crippen molar-refractivity contribution in [3.05, 3.63) is 108 Å². The van der Waals surface area contributed by atoms with Gasteiger partial charge in [0.15, 0.2) is 0 Å². The zero-order chi connectivity index (χ0) is 24.5. The van der Waals surface area contributed by atoms with E-state index in [0.717, 1.165) is 26.8 Å². The lowest BCUT2D eigenvalue weighted by atomic mass is 10.1. The molecule has 0 heterocycles. The molecule has 1 N–H and O–H groups in total. The first-order valence-corrected chi connectivity index (χ1v) is 12.1. The predicted molar refractivity (Wildman–Crippen MR) is 140 cm³/mol. The fourth-order valence-corrected chi connectivity index (χ4v) is 4.35. The van der Waals surface area contributed by atoms with Crippen molar-refractivity contribution in [3.8, 4) is 17.2 Å². The van der Waals surface area contributed by atoms with Gasteiger partial charge in [-0.1, -0.05) is 42.1 Å². The summed E-state index contributed by atoms with van der Waals surface area (Å²) in [6.45, 7) is 2.71. The molecule has 0 bridgehead atoms. The lowest BCUT2D eigenvalue weighted by Gasteiger charge is -2.14. The van der Waals surface area contributed by atoms with E-state index in [0.29, 0.717) is 23.7 Å². The Bertz CT molecular complexity index is 1260. The van der Waals surface area contributed by atoms with Gasteiger partial charge in [-0.2, -0.15) is 0 Å². The molecule has 4 rings (SSSR count). The average Bonchev–Trinajstić information content (AvgIpc) is 2.90. The van der Waals surface area contributed by atoms with Crippen LogP contribution in [-0.2, 0) is 6.61 Å². The number of nitrogens with one attached hydrogen (secondary N) is 1. The van der Waals surface area contributed by atoms with E-state index in [4.69, 9.17) is 14.2 Å². The number of para-hydroxylation sites is 1. The minimum Gasteiger partial charge on any atom is -0.497 e. The molecule has 0 unspecified atom stereocenters. The number of anilines is 1. The molecule has 4 aromatic carbocycles. The minimum atomic E-state index is -0.195. The van der Waals surface area contributed by atoms with Gasteiger partial charge in [0, 0.05) is 20.9 Å². The van der Waals surface area contributed by atoms with Gasteiger partial charge in [0.05, 0.1) is 19.4 Å². The number of benzene rings is 4. The quantitative estimate of drug-likeness (QED) is 0.260. The summed E-state index contributed by atoms with van der Waals surface area (Å²) < 4.78 is 16.9. The minimum absolute atomic E-state index is 0.195. The van der Waals surface area contributed by atoms with Crippen LogP contribution in [0.1, 0.15) is 22.8 Å². The first-order chi connectivity index (χ1) is 17.2. The van der Waals surface area contributed by atoms with E-state index in [-0.39, 0.29) is 12.5 Å². The van der Waals surface area contributed by atoms with Gasteiger partial charge in [-0.3, -0.25) is 4.79 Å². The highest BCUT2D eigenvalue weighted by Gasteiger charge is 2.14. The topological polar surface area (TPSA) is 56.8 Å². The summed E-state index contributed by atoms with van der Waals surface area (Å²) in [7, 11) is 1.62. The number of ether oxygens (including phenoxy) is 3. The number of methoxy groups -OCH3 is 1. The summed E-state index contributed by atoms with van der Waals surface area (Å²) in [5, 5.41) is 3.06. The molecule has 0 aliphatic carbocycles. The van der Waals surface area contributed by atoms with E-state index in [1.54, 1.807) is 24.9 Å². The summed E-state index contributed by atoms with van der Waals surface area (Å²) in [5.74, 6) is 1.96. The van der Waals surface area contributed by atoms with Crippen molar-refractivity contribution in [2.45, 2.75) is 23.3 Å². The number of rotatable bonds is 10. The first kappa shape index (κ1) is 24.2. The van der Waals surface area contributed by atoms with E-state index in [2.05, 4.69) is 5.32 Å². The monoisotopic (exact) mass is 485 g/mol. The fraction of sp³-hybridized carbons (Fsp3) is 0.138. The molecule has 0 fully saturated rings.